The lowest BCUT2D eigenvalue weighted by Gasteiger charge is -2.08. The van der Waals surface area contributed by atoms with Crippen molar-refractivity contribution in [1.29, 1.82) is 0 Å². The van der Waals surface area contributed by atoms with Crippen LogP contribution in [0.4, 0.5) is 0 Å². The molecule has 0 spiro atoms. The van der Waals surface area contributed by atoms with Gasteiger partial charge in [0.15, 0.2) is 5.82 Å². The summed E-state index contributed by atoms with van der Waals surface area (Å²) < 4.78 is 8.98. The predicted octanol–water partition coefficient (Wildman–Crippen LogP) is 12.1. The molecule has 214 valence electrons. The van der Waals surface area contributed by atoms with Gasteiger partial charge in [-0.2, -0.15) is 0 Å². The molecule has 0 amide bonds. The van der Waals surface area contributed by atoms with Gasteiger partial charge in [0.05, 0.1) is 15.9 Å². The van der Waals surface area contributed by atoms with Gasteiger partial charge in [0.1, 0.15) is 11.2 Å². The Balaban J connectivity index is 1.21. The molecule has 0 saturated carbocycles. The fraction of sp³-hybridized carbons (Fsp3) is 0. The molecule has 10 rings (SSSR count). The summed E-state index contributed by atoms with van der Waals surface area (Å²) in [6.45, 7) is 0. The third-order valence-corrected chi connectivity index (χ3v) is 10.2. The highest BCUT2D eigenvalue weighted by Crippen LogP contribution is 2.42. The van der Waals surface area contributed by atoms with Crippen molar-refractivity contribution in [2.45, 2.75) is 0 Å². The average Bonchev–Trinajstić information content (AvgIpc) is 3.69. The van der Waals surface area contributed by atoms with Crippen LogP contribution in [0.1, 0.15) is 0 Å². The minimum Gasteiger partial charge on any atom is -0.455 e. The van der Waals surface area contributed by atoms with Crippen LogP contribution >= 0.6 is 11.3 Å². The van der Waals surface area contributed by atoms with Crippen LogP contribution in [0, 0.1) is 0 Å². The maximum absolute atomic E-state index is 6.67. The Bertz CT molecular complexity index is 2810. The van der Waals surface area contributed by atoms with Crippen LogP contribution in [0.15, 0.2) is 150 Å². The second-order valence-electron chi connectivity index (χ2n) is 11.8. The molecular formula is C42H24N2OS. The number of hydrogen-bond acceptors (Lipinski definition) is 4. The first kappa shape index (κ1) is 25.5. The average molecular weight is 605 g/mol. The summed E-state index contributed by atoms with van der Waals surface area (Å²) in [4.78, 5) is 10.5. The Morgan fingerprint density at radius 3 is 2.11 bits per heavy atom. The summed E-state index contributed by atoms with van der Waals surface area (Å²) >= 11 is 1.75. The van der Waals surface area contributed by atoms with E-state index >= 15 is 0 Å². The third kappa shape index (κ3) is 3.84. The Morgan fingerprint density at radius 1 is 0.478 bits per heavy atom. The monoisotopic (exact) mass is 604 g/mol. The van der Waals surface area contributed by atoms with E-state index in [2.05, 4.69) is 146 Å². The van der Waals surface area contributed by atoms with E-state index in [0.717, 1.165) is 59.7 Å². The van der Waals surface area contributed by atoms with Crippen molar-refractivity contribution in [3.8, 4) is 33.8 Å². The molecule has 7 aromatic carbocycles. The van der Waals surface area contributed by atoms with Crippen LogP contribution in [0.2, 0.25) is 0 Å². The third-order valence-electron chi connectivity index (χ3n) is 9.06. The molecule has 0 bridgehead atoms. The molecule has 0 aliphatic rings. The molecule has 3 aromatic heterocycles. The van der Waals surface area contributed by atoms with Gasteiger partial charge in [-0.05, 0) is 57.6 Å². The molecule has 10 aromatic rings. The number of benzene rings is 7. The van der Waals surface area contributed by atoms with Crippen LogP contribution in [0.5, 0.6) is 0 Å². The van der Waals surface area contributed by atoms with Crippen LogP contribution in [0.25, 0.3) is 97.6 Å². The van der Waals surface area contributed by atoms with Gasteiger partial charge in [-0.15, -0.1) is 11.3 Å². The molecule has 0 unspecified atom stereocenters. The quantitative estimate of drug-likeness (QED) is 0.201. The van der Waals surface area contributed by atoms with Crippen LogP contribution in [-0.4, -0.2) is 9.97 Å². The largest absolute Gasteiger partial charge is 0.455 e. The standard InChI is InChI=1S/C42H24N2OS/c1-2-11-26(12-3-1)34-24-35-31-21-20-29(23-36(31)45-40(35)32-15-7-6-14-30(32)34)42-43-38(28-19-18-25-10-4-5-13-27(25)22-28)41-39(44-42)33-16-8-9-17-37(33)46-41/h1-24H. The number of fused-ring (bicyclic) bond motifs is 9. The second-order valence-corrected chi connectivity index (χ2v) is 12.8. The summed E-state index contributed by atoms with van der Waals surface area (Å²) in [5, 5.41) is 8.04. The highest BCUT2D eigenvalue weighted by molar-refractivity contribution is 7.26. The van der Waals surface area contributed by atoms with Gasteiger partial charge in [0.2, 0.25) is 0 Å². The normalized spacial score (nSPS) is 11.9. The molecule has 0 aliphatic heterocycles. The first-order valence-electron chi connectivity index (χ1n) is 15.4. The summed E-state index contributed by atoms with van der Waals surface area (Å²) in [6.07, 6.45) is 0. The van der Waals surface area contributed by atoms with Gasteiger partial charge < -0.3 is 4.42 Å². The molecule has 0 radical (unpaired) electrons. The molecule has 0 atom stereocenters. The first-order valence-corrected chi connectivity index (χ1v) is 16.2. The van der Waals surface area contributed by atoms with Crippen LogP contribution < -0.4 is 0 Å². The number of thiophene rings is 1. The van der Waals surface area contributed by atoms with Gasteiger partial charge >= 0.3 is 0 Å². The summed E-state index contributed by atoms with van der Waals surface area (Å²) in [6, 6.07) is 51.3. The van der Waals surface area contributed by atoms with E-state index in [4.69, 9.17) is 14.4 Å². The molecule has 3 heterocycles. The molecule has 0 fully saturated rings. The number of nitrogens with zero attached hydrogens (tertiary/aromatic N) is 2. The van der Waals surface area contributed by atoms with Gasteiger partial charge in [0, 0.05) is 37.4 Å². The summed E-state index contributed by atoms with van der Waals surface area (Å²) in [5.74, 6) is 0.691. The van der Waals surface area contributed by atoms with Crippen molar-refractivity contribution in [2.24, 2.45) is 0 Å². The Hall–Kier alpha value is -5.84. The van der Waals surface area contributed by atoms with Gasteiger partial charge in [-0.3, -0.25) is 0 Å². The van der Waals surface area contributed by atoms with E-state index in [1.807, 2.05) is 0 Å². The topological polar surface area (TPSA) is 38.9 Å². The number of aromatic nitrogens is 2. The van der Waals surface area contributed by atoms with Gasteiger partial charge in [-0.25, -0.2) is 9.97 Å². The van der Waals surface area contributed by atoms with E-state index in [0.29, 0.717) is 5.82 Å². The van der Waals surface area contributed by atoms with Crippen molar-refractivity contribution in [2.75, 3.05) is 0 Å². The maximum atomic E-state index is 6.67. The first-order chi connectivity index (χ1) is 22.8. The molecule has 46 heavy (non-hydrogen) atoms. The van der Waals surface area contributed by atoms with E-state index in [9.17, 15) is 0 Å². The van der Waals surface area contributed by atoms with E-state index in [1.165, 1.54) is 32.0 Å². The fourth-order valence-electron chi connectivity index (χ4n) is 6.85. The van der Waals surface area contributed by atoms with E-state index in [1.54, 1.807) is 11.3 Å². The zero-order chi connectivity index (χ0) is 30.2. The molecule has 4 heteroatoms. The lowest BCUT2D eigenvalue weighted by atomic mass is 9.95. The van der Waals surface area contributed by atoms with Crippen molar-refractivity contribution < 1.29 is 4.42 Å². The fourth-order valence-corrected chi connectivity index (χ4v) is 8.00. The Morgan fingerprint density at radius 2 is 1.22 bits per heavy atom. The van der Waals surface area contributed by atoms with Crippen molar-refractivity contribution in [1.82, 2.24) is 9.97 Å². The second kappa shape index (κ2) is 9.83. The SMILES string of the molecule is c1ccc(-c2cc3c4ccc(-c5nc(-c6ccc7ccccc7c6)c6sc7ccccc7c6n5)cc4oc3c3ccccc23)cc1. The molecule has 0 saturated heterocycles. The maximum Gasteiger partial charge on any atom is 0.160 e. The zero-order valence-corrected chi connectivity index (χ0v) is 25.4. The molecule has 0 N–H and O–H groups in total. The number of furan rings is 1. The highest BCUT2D eigenvalue weighted by Gasteiger charge is 2.19. The smallest absolute Gasteiger partial charge is 0.160 e. The minimum atomic E-state index is 0.691. The van der Waals surface area contributed by atoms with Gasteiger partial charge in [-0.1, -0.05) is 115 Å². The minimum absolute atomic E-state index is 0.691. The summed E-state index contributed by atoms with van der Waals surface area (Å²) in [5.41, 5.74) is 8.08. The Kier molecular flexibility index (Phi) is 5.45. The molecule has 0 aliphatic carbocycles. The number of rotatable bonds is 3. The summed E-state index contributed by atoms with van der Waals surface area (Å²) in [7, 11) is 0. The van der Waals surface area contributed by atoms with E-state index in [-0.39, 0.29) is 0 Å². The molecule has 3 nitrogen and oxygen atoms in total. The van der Waals surface area contributed by atoms with Crippen LogP contribution in [-0.2, 0) is 0 Å². The zero-order valence-electron chi connectivity index (χ0n) is 24.6. The predicted molar refractivity (Wildman–Crippen MR) is 194 cm³/mol. The lowest BCUT2D eigenvalue weighted by Crippen LogP contribution is -1.93. The van der Waals surface area contributed by atoms with Gasteiger partial charge in [0.25, 0.3) is 0 Å². The molecular weight excluding hydrogens is 581 g/mol. The van der Waals surface area contributed by atoms with Crippen molar-refractivity contribution in [3.05, 3.63) is 146 Å². The number of hydrogen-bond donors (Lipinski definition) is 0. The Labute approximate surface area is 268 Å². The van der Waals surface area contributed by atoms with Crippen molar-refractivity contribution in [3.63, 3.8) is 0 Å². The van der Waals surface area contributed by atoms with E-state index < -0.39 is 0 Å². The van der Waals surface area contributed by atoms with Crippen molar-refractivity contribution >= 4 is 75.1 Å². The lowest BCUT2D eigenvalue weighted by molar-refractivity contribution is 0.673. The highest BCUT2D eigenvalue weighted by atomic mass is 32.1. The van der Waals surface area contributed by atoms with Crippen LogP contribution in [0.3, 0.4) is 0 Å².